The molecule has 1 N–H and O–H groups in total. The van der Waals surface area contributed by atoms with Crippen molar-refractivity contribution in [3.05, 3.63) is 70.5 Å². The van der Waals surface area contributed by atoms with Gasteiger partial charge in [0.15, 0.2) is 0 Å². The molecule has 2 aromatic carbocycles. The molecule has 2 heteroatoms. The third-order valence-electron chi connectivity index (χ3n) is 3.50. The van der Waals surface area contributed by atoms with Crippen LogP contribution in [0.2, 0.25) is 0 Å². The van der Waals surface area contributed by atoms with E-state index < -0.39 is 0 Å². The minimum Gasteiger partial charge on any atom is -0.396 e. The molecule has 0 heterocycles. The average molecular weight is 258 g/mol. The first-order valence-electron chi connectivity index (χ1n) is 6.55. The molecule has 0 radical (unpaired) electrons. The molecule has 0 saturated carbocycles. The smallest absolute Gasteiger partial charge is 0.123 e. The standard InChI is InChI=1S/C17H19FO/c1-12-3-4-13(2)17(11-12)16(9-10-19)14-5-7-15(18)8-6-14/h3-8,11,16,19H,9-10H2,1-2H3. The SMILES string of the molecule is Cc1ccc(C)c(C(CCO)c2ccc(F)cc2)c1. The Hall–Kier alpha value is -1.67. The summed E-state index contributed by atoms with van der Waals surface area (Å²) in [4.78, 5) is 0. The number of hydrogen-bond acceptors (Lipinski definition) is 1. The molecule has 100 valence electrons. The van der Waals surface area contributed by atoms with Crippen LogP contribution in [0.4, 0.5) is 4.39 Å². The number of aryl methyl sites for hydroxylation is 2. The summed E-state index contributed by atoms with van der Waals surface area (Å²) >= 11 is 0. The predicted molar refractivity (Wildman–Crippen MR) is 75.9 cm³/mol. The van der Waals surface area contributed by atoms with Gasteiger partial charge in [0.05, 0.1) is 0 Å². The molecule has 0 amide bonds. The van der Waals surface area contributed by atoms with Gasteiger partial charge in [-0.1, -0.05) is 35.9 Å². The van der Waals surface area contributed by atoms with Crippen molar-refractivity contribution in [2.24, 2.45) is 0 Å². The molecule has 2 rings (SSSR count). The van der Waals surface area contributed by atoms with Crippen LogP contribution in [0.25, 0.3) is 0 Å². The zero-order valence-corrected chi connectivity index (χ0v) is 11.4. The van der Waals surface area contributed by atoms with Gasteiger partial charge < -0.3 is 5.11 Å². The van der Waals surface area contributed by atoms with Gasteiger partial charge in [0.25, 0.3) is 0 Å². The number of aliphatic hydroxyl groups excluding tert-OH is 1. The van der Waals surface area contributed by atoms with Crippen LogP contribution >= 0.6 is 0 Å². The van der Waals surface area contributed by atoms with E-state index in [4.69, 9.17) is 0 Å². The van der Waals surface area contributed by atoms with Crippen LogP contribution in [0.1, 0.15) is 34.6 Å². The number of benzene rings is 2. The van der Waals surface area contributed by atoms with E-state index in [2.05, 4.69) is 32.0 Å². The van der Waals surface area contributed by atoms with Gasteiger partial charge in [-0.3, -0.25) is 0 Å². The molecule has 1 atom stereocenters. The second kappa shape index (κ2) is 5.98. The first kappa shape index (κ1) is 13.8. The highest BCUT2D eigenvalue weighted by Gasteiger charge is 2.16. The highest BCUT2D eigenvalue weighted by Crippen LogP contribution is 2.30. The molecule has 0 fully saturated rings. The van der Waals surface area contributed by atoms with Crippen molar-refractivity contribution in [2.45, 2.75) is 26.2 Å². The molecule has 0 aliphatic carbocycles. The minimum atomic E-state index is -0.229. The van der Waals surface area contributed by atoms with Crippen molar-refractivity contribution in [3.63, 3.8) is 0 Å². The molecule has 0 bridgehead atoms. The largest absolute Gasteiger partial charge is 0.396 e. The summed E-state index contributed by atoms with van der Waals surface area (Å²) < 4.78 is 13.0. The Morgan fingerprint density at radius 1 is 1.05 bits per heavy atom. The summed E-state index contributed by atoms with van der Waals surface area (Å²) in [5.41, 5.74) is 4.66. The quantitative estimate of drug-likeness (QED) is 0.880. The summed E-state index contributed by atoms with van der Waals surface area (Å²) in [5, 5.41) is 9.30. The van der Waals surface area contributed by atoms with Gasteiger partial charge in [0, 0.05) is 12.5 Å². The number of halogens is 1. The molecule has 1 nitrogen and oxygen atoms in total. The maximum absolute atomic E-state index is 13.0. The molecular weight excluding hydrogens is 239 g/mol. The van der Waals surface area contributed by atoms with E-state index in [1.807, 2.05) is 0 Å². The number of hydrogen-bond donors (Lipinski definition) is 1. The fourth-order valence-electron chi connectivity index (χ4n) is 2.46. The van der Waals surface area contributed by atoms with Crippen LogP contribution in [-0.2, 0) is 0 Å². The Morgan fingerprint density at radius 2 is 1.74 bits per heavy atom. The second-order valence-corrected chi connectivity index (χ2v) is 4.98. The van der Waals surface area contributed by atoms with E-state index in [1.165, 1.54) is 28.8 Å². The van der Waals surface area contributed by atoms with Gasteiger partial charge in [-0.2, -0.15) is 0 Å². The Labute approximate surface area is 113 Å². The van der Waals surface area contributed by atoms with Crippen molar-refractivity contribution in [3.8, 4) is 0 Å². The van der Waals surface area contributed by atoms with Gasteiger partial charge in [0.2, 0.25) is 0 Å². The van der Waals surface area contributed by atoms with E-state index in [1.54, 1.807) is 12.1 Å². The molecule has 1 unspecified atom stereocenters. The zero-order chi connectivity index (χ0) is 13.8. The lowest BCUT2D eigenvalue weighted by Crippen LogP contribution is -2.06. The Balaban J connectivity index is 2.44. The number of rotatable bonds is 4. The van der Waals surface area contributed by atoms with Crippen molar-refractivity contribution < 1.29 is 9.50 Å². The monoisotopic (exact) mass is 258 g/mol. The molecule has 2 aromatic rings. The lowest BCUT2D eigenvalue weighted by Gasteiger charge is -2.20. The lowest BCUT2D eigenvalue weighted by atomic mass is 9.85. The summed E-state index contributed by atoms with van der Waals surface area (Å²) in [7, 11) is 0. The third kappa shape index (κ3) is 3.21. The highest BCUT2D eigenvalue weighted by atomic mass is 19.1. The van der Waals surface area contributed by atoms with Crippen LogP contribution < -0.4 is 0 Å². The molecule has 0 aromatic heterocycles. The fraction of sp³-hybridized carbons (Fsp3) is 0.294. The van der Waals surface area contributed by atoms with E-state index in [0.29, 0.717) is 6.42 Å². The van der Waals surface area contributed by atoms with E-state index in [-0.39, 0.29) is 18.3 Å². The molecule has 0 spiro atoms. The highest BCUT2D eigenvalue weighted by molar-refractivity contribution is 5.39. The molecule has 0 aliphatic heterocycles. The Bertz CT molecular complexity index is 546. The first-order chi connectivity index (χ1) is 9.11. The molecule has 19 heavy (non-hydrogen) atoms. The average Bonchev–Trinajstić information content (AvgIpc) is 2.40. The van der Waals surface area contributed by atoms with Gasteiger partial charge in [-0.15, -0.1) is 0 Å². The van der Waals surface area contributed by atoms with Gasteiger partial charge in [0.1, 0.15) is 5.82 Å². The zero-order valence-electron chi connectivity index (χ0n) is 11.4. The molecule has 0 saturated heterocycles. The second-order valence-electron chi connectivity index (χ2n) is 4.98. The van der Waals surface area contributed by atoms with Crippen molar-refractivity contribution >= 4 is 0 Å². The van der Waals surface area contributed by atoms with Crippen molar-refractivity contribution in [2.75, 3.05) is 6.61 Å². The lowest BCUT2D eigenvalue weighted by molar-refractivity contribution is 0.281. The molecular formula is C17H19FO. The maximum atomic E-state index is 13.0. The normalized spacial score (nSPS) is 12.4. The minimum absolute atomic E-state index is 0.116. The van der Waals surface area contributed by atoms with Gasteiger partial charge >= 0.3 is 0 Å². The number of aliphatic hydroxyl groups is 1. The van der Waals surface area contributed by atoms with Crippen LogP contribution in [0.15, 0.2) is 42.5 Å². The Morgan fingerprint density at radius 3 is 2.37 bits per heavy atom. The van der Waals surface area contributed by atoms with Gasteiger partial charge in [-0.05, 0) is 49.1 Å². The van der Waals surface area contributed by atoms with Gasteiger partial charge in [-0.25, -0.2) is 4.39 Å². The summed E-state index contributed by atoms with van der Waals surface area (Å²) in [6.45, 7) is 4.25. The van der Waals surface area contributed by atoms with E-state index in [0.717, 1.165) is 5.56 Å². The van der Waals surface area contributed by atoms with Crippen LogP contribution in [-0.4, -0.2) is 11.7 Å². The third-order valence-corrected chi connectivity index (χ3v) is 3.50. The van der Waals surface area contributed by atoms with E-state index in [9.17, 15) is 9.50 Å². The Kier molecular flexibility index (Phi) is 4.33. The summed E-state index contributed by atoms with van der Waals surface area (Å²) in [5.74, 6) is -0.113. The van der Waals surface area contributed by atoms with Crippen molar-refractivity contribution in [1.29, 1.82) is 0 Å². The fourth-order valence-corrected chi connectivity index (χ4v) is 2.46. The topological polar surface area (TPSA) is 20.2 Å². The van der Waals surface area contributed by atoms with Crippen LogP contribution in [0.5, 0.6) is 0 Å². The van der Waals surface area contributed by atoms with Crippen molar-refractivity contribution in [1.82, 2.24) is 0 Å². The van der Waals surface area contributed by atoms with Crippen LogP contribution in [0.3, 0.4) is 0 Å². The van der Waals surface area contributed by atoms with Crippen LogP contribution in [0, 0.1) is 19.7 Å². The first-order valence-corrected chi connectivity index (χ1v) is 6.55. The molecule has 0 aliphatic rings. The summed E-state index contributed by atoms with van der Waals surface area (Å²) in [6, 6.07) is 12.9. The summed E-state index contributed by atoms with van der Waals surface area (Å²) in [6.07, 6.45) is 0.649. The predicted octanol–water partition coefficient (Wildman–Crippen LogP) is 3.96. The maximum Gasteiger partial charge on any atom is 0.123 e. The van der Waals surface area contributed by atoms with E-state index >= 15 is 0 Å².